The van der Waals surface area contributed by atoms with Gasteiger partial charge in [0.1, 0.15) is 11.3 Å². The van der Waals surface area contributed by atoms with E-state index in [0.29, 0.717) is 35.9 Å². The summed E-state index contributed by atoms with van der Waals surface area (Å²) in [5.74, 6) is -0.0538. The number of carbonyl (C=O) groups is 2. The fraction of sp³-hybridized carbons (Fsp3) is 0.400. The Morgan fingerprint density at radius 1 is 1.45 bits per heavy atom. The molecule has 7 heteroatoms. The topological polar surface area (TPSA) is 106 Å². The van der Waals surface area contributed by atoms with Crippen molar-refractivity contribution in [1.82, 2.24) is 10.3 Å². The third-order valence-corrected chi connectivity index (χ3v) is 3.95. The minimum Gasteiger partial charge on any atom is -0.480 e. The third kappa shape index (κ3) is 2.49. The summed E-state index contributed by atoms with van der Waals surface area (Å²) in [5, 5.41) is 11.8. The van der Waals surface area contributed by atoms with E-state index in [2.05, 4.69) is 10.3 Å². The number of aromatic nitrogens is 1. The van der Waals surface area contributed by atoms with Crippen LogP contribution in [0, 0.1) is 6.92 Å². The molecule has 1 saturated carbocycles. The summed E-state index contributed by atoms with van der Waals surface area (Å²) in [5.41, 5.74) is -0.637. The van der Waals surface area contributed by atoms with Crippen molar-refractivity contribution in [3.63, 3.8) is 0 Å². The molecule has 2 aromatic heterocycles. The first-order chi connectivity index (χ1) is 10.5. The number of oxazole rings is 1. The Bertz CT molecular complexity index is 698. The highest BCUT2D eigenvalue weighted by atomic mass is 16.4. The van der Waals surface area contributed by atoms with Crippen LogP contribution in [0.3, 0.4) is 0 Å². The van der Waals surface area contributed by atoms with Gasteiger partial charge in [-0.15, -0.1) is 0 Å². The van der Waals surface area contributed by atoms with Gasteiger partial charge >= 0.3 is 5.97 Å². The van der Waals surface area contributed by atoms with Crippen LogP contribution in [-0.4, -0.2) is 27.5 Å². The first-order valence-electron chi connectivity index (χ1n) is 7.05. The molecular formula is C15H16N2O5. The molecule has 22 heavy (non-hydrogen) atoms. The normalized spacial score (nSPS) is 16.0. The highest BCUT2D eigenvalue weighted by Crippen LogP contribution is 2.32. The zero-order valence-electron chi connectivity index (χ0n) is 12.1. The number of aliphatic carboxylic acids is 1. The van der Waals surface area contributed by atoms with Crippen LogP contribution in [0.15, 0.2) is 27.2 Å². The van der Waals surface area contributed by atoms with Gasteiger partial charge in [-0.1, -0.05) is 0 Å². The Labute approximate surface area is 126 Å². The van der Waals surface area contributed by atoms with Gasteiger partial charge in [0.25, 0.3) is 5.89 Å². The largest absolute Gasteiger partial charge is 0.480 e. The van der Waals surface area contributed by atoms with E-state index in [9.17, 15) is 14.7 Å². The molecule has 0 radical (unpaired) electrons. The summed E-state index contributed by atoms with van der Waals surface area (Å²) in [7, 11) is 0. The molecule has 116 valence electrons. The summed E-state index contributed by atoms with van der Waals surface area (Å²) in [6.07, 6.45) is 3.21. The maximum Gasteiger partial charge on any atom is 0.329 e. The number of rotatable bonds is 5. The van der Waals surface area contributed by atoms with Crippen LogP contribution in [0.4, 0.5) is 0 Å². The number of amides is 1. The number of aryl methyl sites for hydroxylation is 1. The Morgan fingerprint density at radius 2 is 2.23 bits per heavy atom. The van der Waals surface area contributed by atoms with Gasteiger partial charge < -0.3 is 19.3 Å². The molecule has 0 aromatic carbocycles. The number of hydrogen-bond donors (Lipinski definition) is 2. The van der Waals surface area contributed by atoms with Crippen molar-refractivity contribution >= 4 is 11.9 Å². The van der Waals surface area contributed by atoms with Crippen LogP contribution in [-0.2, 0) is 16.0 Å². The SMILES string of the molecule is Cc1oc(-c2ccco2)nc1CC(=O)NC1(C(=O)O)CCC1. The zero-order chi connectivity index (χ0) is 15.7. The molecule has 1 fully saturated rings. The van der Waals surface area contributed by atoms with Crippen LogP contribution in [0.25, 0.3) is 11.7 Å². The van der Waals surface area contributed by atoms with Gasteiger partial charge in [-0.3, -0.25) is 4.79 Å². The van der Waals surface area contributed by atoms with E-state index >= 15 is 0 Å². The molecule has 0 bridgehead atoms. The van der Waals surface area contributed by atoms with E-state index in [0.717, 1.165) is 6.42 Å². The van der Waals surface area contributed by atoms with Crippen LogP contribution in [0.5, 0.6) is 0 Å². The molecule has 2 N–H and O–H groups in total. The molecule has 0 atom stereocenters. The van der Waals surface area contributed by atoms with Crippen LogP contribution >= 0.6 is 0 Å². The lowest BCUT2D eigenvalue weighted by atomic mass is 9.76. The summed E-state index contributed by atoms with van der Waals surface area (Å²) >= 11 is 0. The van der Waals surface area contributed by atoms with Gasteiger partial charge in [-0.2, -0.15) is 0 Å². The molecule has 1 aliphatic rings. The summed E-state index contributed by atoms with van der Waals surface area (Å²) in [4.78, 5) is 27.6. The minimum absolute atomic E-state index is 0.0227. The van der Waals surface area contributed by atoms with Crippen molar-refractivity contribution < 1.29 is 23.5 Å². The second kappa shape index (κ2) is 5.32. The lowest BCUT2D eigenvalue weighted by Gasteiger charge is -2.38. The van der Waals surface area contributed by atoms with Crippen LogP contribution < -0.4 is 5.32 Å². The standard InChI is InChI=1S/C15H16N2O5/c1-9-10(16-13(22-9)11-4-2-7-21-11)8-12(18)17-15(14(19)20)5-3-6-15/h2,4,7H,3,5-6,8H2,1H3,(H,17,18)(H,19,20). The van der Waals surface area contributed by atoms with Gasteiger partial charge in [0.15, 0.2) is 5.76 Å². The fourth-order valence-electron chi connectivity index (χ4n) is 2.48. The highest BCUT2D eigenvalue weighted by Gasteiger charge is 2.45. The number of hydrogen-bond acceptors (Lipinski definition) is 5. The fourth-order valence-corrected chi connectivity index (χ4v) is 2.48. The Hall–Kier alpha value is -2.57. The number of carbonyl (C=O) groups excluding carboxylic acids is 1. The molecule has 0 aliphatic heterocycles. The first kappa shape index (κ1) is 14.4. The van der Waals surface area contributed by atoms with Crippen molar-refractivity contribution in [2.24, 2.45) is 0 Å². The molecule has 2 heterocycles. The monoisotopic (exact) mass is 304 g/mol. The van der Waals surface area contributed by atoms with E-state index in [1.807, 2.05) is 0 Å². The van der Waals surface area contributed by atoms with Gasteiger partial charge in [-0.05, 0) is 38.3 Å². The van der Waals surface area contributed by atoms with Crippen molar-refractivity contribution in [2.75, 3.05) is 0 Å². The third-order valence-electron chi connectivity index (χ3n) is 3.95. The molecule has 0 spiro atoms. The summed E-state index contributed by atoms with van der Waals surface area (Å²) in [6.45, 7) is 1.71. The molecular weight excluding hydrogens is 288 g/mol. The number of carboxylic acid groups (broad SMARTS) is 1. The van der Waals surface area contributed by atoms with Crippen LogP contribution in [0.2, 0.25) is 0 Å². The first-order valence-corrected chi connectivity index (χ1v) is 7.05. The molecule has 0 saturated heterocycles. The van der Waals surface area contributed by atoms with Gasteiger partial charge in [0.2, 0.25) is 5.91 Å². The van der Waals surface area contributed by atoms with Gasteiger partial charge in [0.05, 0.1) is 18.4 Å². The molecule has 0 unspecified atom stereocenters. The van der Waals surface area contributed by atoms with E-state index in [-0.39, 0.29) is 12.3 Å². The second-order valence-corrected chi connectivity index (χ2v) is 5.46. The smallest absolute Gasteiger partial charge is 0.329 e. The van der Waals surface area contributed by atoms with E-state index in [1.54, 1.807) is 19.1 Å². The Balaban J connectivity index is 1.71. The quantitative estimate of drug-likeness (QED) is 0.874. The van der Waals surface area contributed by atoms with Crippen molar-refractivity contribution in [3.05, 3.63) is 29.9 Å². The Morgan fingerprint density at radius 3 is 2.77 bits per heavy atom. The second-order valence-electron chi connectivity index (χ2n) is 5.46. The maximum atomic E-state index is 12.1. The van der Waals surface area contributed by atoms with E-state index in [1.165, 1.54) is 6.26 Å². The summed E-state index contributed by atoms with van der Waals surface area (Å²) in [6, 6.07) is 3.43. The van der Waals surface area contributed by atoms with E-state index in [4.69, 9.17) is 8.83 Å². The number of nitrogens with zero attached hydrogens (tertiary/aromatic N) is 1. The molecule has 3 rings (SSSR count). The molecule has 2 aromatic rings. The predicted molar refractivity (Wildman–Crippen MR) is 75.0 cm³/mol. The van der Waals surface area contributed by atoms with Gasteiger partial charge in [0, 0.05) is 0 Å². The lowest BCUT2D eigenvalue weighted by molar-refractivity contribution is -0.151. The van der Waals surface area contributed by atoms with E-state index < -0.39 is 11.5 Å². The predicted octanol–water partition coefficient (Wildman–Crippen LogP) is 1.91. The van der Waals surface area contributed by atoms with Crippen molar-refractivity contribution in [1.29, 1.82) is 0 Å². The summed E-state index contributed by atoms with van der Waals surface area (Å²) < 4.78 is 10.7. The van der Waals surface area contributed by atoms with Crippen molar-refractivity contribution in [3.8, 4) is 11.7 Å². The maximum absolute atomic E-state index is 12.1. The molecule has 1 aliphatic carbocycles. The zero-order valence-corrected chi connectivity index (χ0v) is 12.1. The molecule has 7 nitrogen and oxygen atoms in total. The molecule has 1 amide bonds. The number of nitrogens with one attached hydrogen (secondary N) is 1. The minimum atomic E-state index is -1.11. The Kier molecular flexibility index (Phi) is 3.48. The van der Waals surface area contributed by atoms with Crippen molar-refractivity contribution in [2.45, 2.75) is 38.1 Å². The van der Waals surface area contributed by atoms with Crippen LogP contribution in [0.1, 0.15) is 30.7 Å². The van der Waals surface area contributed by atoms with Gasteiger partial charge in [-0.25, -0.2) is 9.78 Å². The average molecular weight is 304 g/mol. The lowest BCUT2D eigenvalue weighted by Crippen LogP contribution is -2.59. The number of carboxylic acids is 1. The highest BCUT2D eigenvalue weighted by molar-refractivity contribution is 5.88. The number of furan rings is 1. The average Bonchev–Trinajstić information content (AvgIpc) is 3.04.